The molecule has 0 aromatic carbocycles. The highest BCUT2D eigenvalue weighted by Gasteiger charge is 2.22. The van der Waals surface area contributed by atoms with Crippen LogP contribution < -0.4 is 0 Å². The molecule has 0 aromatic heterocycles. The van der Waals surface area contributed by atoms with Crippen molar-refractivity contribution in [3.05, 3.63) is 0 Å². The van der Waals surface area contributed by atoms with Crippen LogP contribution in [0, 0.1) is 5.92 Å². The Kier molecular flexibility index (Phi) is 5.90. The molecule has 14 heavy (non-hydrogen) atoms. The molecule has 0 saturated carbocycles. The average molecular weight is 217 g/mol. The van der Waals surface area contributed by atoms with Crippen LogP contribution in [-0.2, 0) is 0 Å². The van der Waals surface area contributed by atoms with Crippen LogP contribution in [0.25, 0.3) is 0 Å². The molecule has 0 spiro atoms. The van der Waals surface area contributed by atoms with Crippen LogP contribution >= 0.6 is 11.8 Å². The zero-order valence-electron chi connectivity index (χ0n) is 9.41. The first-order chi connectivity index (χ1) is 6.74. The number of nitrogens with zero attached hydrogens (tertiary/aromatic N) is 1. The maximum absolute atomic E-state index is 9.13. The van der Waals surface area contributed by atoms with Crippen molar-refractivity contribution in [2.24, 2.45) is 5.92 Å². The van der Waals surface area contributed by atoms with E-state index in [1.54, 1.807) is 0 Å². The van der Waals surface area contributed by atoms with Gasteiger partial charge in [-0.2, -0.15) is 11.8 Å². The smallest absolute Gasteiger partial charge is 0.0586 e. The lowest BCUT2D eigenvalue weighted by molar-refractivity contribution is 0.165. The second-order valence-electron chi connectivity index (χ2n) is 4.48. The van der Waals surface area contributed by atoms with Crippen LogP contribution in [0.15, 0.2) is 0 Å². The number of likely N-dealkylation sites (tertiary alicyclic amines) is 1. The van der Waals surface area contributed by atoms with Gasteiger partial charge in [-0.25, -0.2) is 0 Å². The van der Waals surface area contributed by atoms with Gasteiger partial charge in [0.25, 0.3) is 0 Å². The minimum Gasteiger partial charge on any atom is -0.395 e. The first-order valence-corrected chi connectivity index (χ1v) is 6.82. The first-order valence-electron chi connectivity index (χ1n) is 5.66. The summed E-state index contributed by atoms with van der Waals surface area (Å²) in [6.07, 6.45) is 2.45. The van der Waals surface area contributed by atoms with E-state index in [9.17, 15) is 0 Å². The first kappa shape index (κ1) is 12.3. The van der Waals surface area contributed by atoms with Crippen LogP contribution in [0.1, 0.15) is 26.7 Å². The van der Waals surface area contributed by atoms with E-state index in [-0.39, 0.29) is 0 Å². The van der Waals surface area contributed by atoms with Crippen molar-refractivity contribution in [3.63, 3.8) is 0 Å². The molecule has 2 nitrogen and oxygen atoms in total. The van der Waals surface area contributed by atoms with E-state index in [1.807, 2.05) is 11.8 Å². The van der Waals surface area contributed by atoms with Crippen molar-refractivity contribution in [3.8, 4) is 0 Å². The van der Waals surface area contributed by atoms with Gasteiger partial charge in [0.15, 0.2) is 0 Å². The fraction of sp³-hybridized carbons (Fsp3) is 1.00. The summed E-state index contributed by atoms with van der Waals surface area (Å²) in [5.74, 6) is 3.28. The topological polar surface area (TPSA) is 23.5 Å². The quantitative estimate of drug-likeness (QED) is 0.687. The van der Waals surface area contributed by atoms with Crippen LogP contribution in [0.4, 0.5) is 0 Å². The molecule has 0 bridgehead atoms. The minimum absolute atomic E-state index is 0.342. The normalized spacial score (nSPS) is 23.6. The summed E-state index contributed by atoms with van der Waals surface area (Å²) >= 11 is 2.04. The molecule has 84 valence electrons. The lowest BCUT2D eigenvalue weighted by Gasteiger charge is -2.22. The van der Waals surface area contributed by atoms with Gasteiger partial charge < -0.3 is 5.11 Å². The lowest BCUT2D eigenvalue weighted by Crippen LogP contribution is -2.34. The molecule has 0 radical (unpaired) electrons. The van der Waals surface area contributed by atoms with Gasteiger partial charge >= 0.3 is 0 Å². The molecular formula is C11H23NOS. The lowest BCUT2D eigenvalue weighted by atomic mass is 10.2. The van der Waals surface area contributed by atoms with Gasteiger partial charge in [-0.05, 0) is 31.1 Å². The van der Waals surface area contributed by atoms with E-state index < -0.39 is 0 Å². The Hall–Kier alpha value is 0.270. The second-order valence-corrected chi connectivity index (χ2v) is 5.63. The Bertz CT molecular complexity index is 152. The highest BCUT2D eigenvalue weighted by Crippen LogP contribution is 2.17. The summed E-state index contributed by atoms with van der Waals surface area (Å²) in [6, 6.07) is 0.453. The molecule has 0 aromatic rings. The number of aliphatic hydroxyl groups is 1. The molecule has 1 atom stereocenters. The van der Waals surface area contributed by atoms with Gasteiger partial charge in [0.2, 0.25) is 0 Å². The summed E-state index contributed by atoms with van der Waals surface area (Å²) in [5, 5.41) is 9.13. The van der Waals surface area contributed by atoms with Crippen molar-refractivity contribution >= 4 is 11.8 Å². The predicted molar refractivity (Wildman–Crippen MR) is 63.8 cm³/mol. The molecule has 0 amide bonds. The summed E-state index contributed by atoms with van der Waals surface area (Å²) in [7, 11) is 0. The Morgan fingerprint density at radius 2 is 2.29 bits per heavy atom. The predicted octanol–water partition coefficient (Wildman–Crippen LogP) is 1.83. The number of aliphatic hydroxyl groups excluding tert-OH is 1. The molecule has 1 saturated heterocycles. The van der Waals surface area contributed by atoms with Crippen molar-refractivity contribution in [2.75, 3.05) is 31.2 Å². The summed E-state index contributed by atoms with van der Waals surface area (Å²) < 4.78 is 0. The maximum atomic E-state index is 9.13. The number of thioether (sulfide) groups is 1. The van der Waals surface area contributed by atoms with E-state index >= 15 is 0 Å². The highest BCUT2D eigenvalue weighted by molar-refractivity contribution is 7.99. The molecule has 1 rings (SSSR count). The van der Waals surface area contributed by atoms with Crippen molar-refractivity contribution in [2.45, 2.75) is 32.7 Å². The van der Waals surface area contributed by atoms with Crippen LogP contribution in [0.3, 0.4) is 0 Å². The molecular weight excluding hydrogens is 194 g/mol. The molecule has 0 unspecified atom stereocenters. The standard InChI is InChI=1S/C11H23NOS/c1-10(2)9-14-7-6-12-5-3-4-11(12)8-13/h10-11,13H,3-9H2,1-2H3/t11-/m1/s1. The second kappa shape index (κ2) is 6.70. The fourth-order valence-electron chi connectivity index (χ4n) is 1.90. The fourth-order valence-corrected chi connectivity index (χ4v) is 2.90. The SMILES string of the molecule is CC(C)CSCCN1CCC[C@@H]1CO. The van der Waals surface area contributed by atoms with Crippen molar-refractivity contribution in [1.29, 1.82) is 0 Å². The number of hydrogen-bond donors (Lipinski definition) is 1. The monoisotopic (exact) mass is 217 g/mol. The molecule has 0 aliphatic carbocycles. The Balaban J connectivity index is 2.05. The molecule has 1 aliphatic heterocycles. The van der Waals surface area contributed by atoms with Gasteiger partial charge in [-0.1, -0.05) is 13.8 Å². The van der Waals surface area contributed by atoms with Crippen molar-refractivity contribution < 1.29 is 5.11 Å². The third-order valence-electron chi connectivity index (χ3n) is 2.68. The van der Waals surface area contributed by atoms with E-state index in [2.05, 4.69) is 18.7 Å². The van der Waals surface area contributed by atoms with Crippen molar-refractivity contribution in [1.82, 2.24) is 4.90 Å². The molecule has 1 aliphatic rings. The number of rotatable bonds is 6. The van der Waals surface area contributed by atoms with E-state index in [0.29, 0.717) is 12.6 Å². The van der Waals surface area contributed by atoms with Crippen LogP contribution in [0.5, 0.6) is 0 Å². The van der Waals surface area contributed by atoms with Gasteiger partial charge in [-0.15, -0.1) is 0 Å². The van der Waals surface area contributed by atoms with E-state index in [0.717, 1.165) is 12.5 Å². The van der Waals surface area contributed by atoms with Gasteiger partial charge in [0, 0.05) is 18.3 Å². The van der Waals surface area contributed by atoms with E-state index in [1.165, 1.54) is 30.9 Å². The minimum atomic E-state index is 0.342. The van der Waals surface area contributed by atoms with Gasteiger partial charge in [0.1, 0.15) is 0 Å². The number of hydrogen-bond acceptors (Lipinski definition) is 3. The Morgan fingerprint density at radius 3 is 2.93 bits per heavy atom. The van der Waals surface area contributed by atoms with Gasteiger partial charge in [-0.3, -0.25) is 4.90 Å². The summed E-state index contributed by atoms with van der Waals surface area (Å²) in [4.78, 5) is 2.44. The Morgan fingerprint density at radius 1 is 1.50 bits per heavy atom. The molecule has 1 fully saturated rings. The molecule has 1 heterocycles. The zero-order valence-corrected chi connectivity index (χ0v) is 10.2. The third-order valence-corrected chi connectivity index (χ3v) is 4.06. The average Bonchev–Trinajstić information content (AvgIpc) is 2.59. The van der Waals surface area contributed by atoms with Crippen LogP contribution in [-0.4, -0.2) is 47.3 Å². The van der Waals surface area contributed by atoms with Crippen LogP contribution in [0.2, 0.25) is 0 Å². The molecule has 3 heteroatoms. The molecule has 1 N–H and O–H groups in total. The van der Waals surface area contributed by atoms with Gasteiger partial charge in [0.05, 0.1) is 6.61 Å². The zero-order chi connectivity index (χ0) is 10.4. The summed E-state index contributed by atoms with van der Waals surface area (Å²) in [6.45, 7) is 7.21. The Labute approximate surface area is 92.1 Å². The largest absolute Gasteiger partial charge is 0.395 e. The summed E-state index contributed by atoms with van der Waals surface area (Å²) in [5.41, 5.74) is 0. The third kappa shape index (κ3) is 4.20. The highest BCUT2D eigenvalue weighted by atomic mass is 32.2. The maximum Gasteiger partial charge on any atom is 0.0586 e. The van der Waals surface area contributed by atoms with E-state index in [4.69, 9.17) is 5.11 Å².